The van der Waals surface area contributed by atoms with Crippen LogP contribution < -0.4 is 5.73 Å². The first kappa shape index (κ1) is 13.7. The van der Waals surface area contributed by atoms with Crippen molar-refractivity contribution in [3.05, 3.63) is 47.4 Å². The molecule has 0 saturated carbocycles. The van der Waals surface area contributed by atoms with Crippen LogP contribution in [0.4, 0.5) is 0 Å². The molecule has 2 rings (SSSR count). The molecule has 1 atom stereocenters. The lowest BCUT2D eigenvalue weighted by molar-refractivity contribution is 0.668. The van der Waals surface area contributed by atoms with Crippen LogP contribution in [0.1, 0.15) is 36.1 Å². The van der Waals surface area contributed by atoms with Gasteiger partial charge in [-0.15, -0.1) is 0 Å². The van der Waals surface area contributed by atoms with E-state index in [1.54, 1.807) is 6.33 Å². The molecule has 3 heteroatoms. The van der Waals surface area contributed by atoms with Gasteiger partial charge in [-0.05, 0) is 49.9 Å². The lowest BCUT2D eigenvalue weighted by Gasteiger charge is -2.13. The second-order valence-electron chi connectivity index (χ2n) is 5.07. The van der Waals surface area contributed by atoms with Crippen molar-refractivity contribution >= 4 is 0 Å². The normalized spacial score (nSPS) is 12.4. The minimum Gasteiger partial charge on any atom is -0.330 e. The van der Waals surface area contributed by atoms with E-state index in [1.165, 1.54) is 16.7 Å². The summed E-state index contributed by atoms with van der Waals surface area (Å²) in [5.74, 6) is 0.371. The topological polar surface area (TPSA) is 51.8 Å². The van der Waals surface area contributed by atoms with Gasteiger partial charge in [-0.2, -0.15) is 0 Å². The largest absolute Gasteiger partial charge is 0.330 e. The van der Waals surface area contributed by atoms with Crippen LogP contribution in [0.2, 0.25) is 0 Å². The van der Waals surface area contributed by atoms with Crippen molar-refractivity contribution < 1.29 is 0 Å². The molecule has 1 heterocycles. The van der Waals surface area contributed by atoms with Gasteiger partial charge < -0.3 is 5.73 Å². The van der Waals surface area contributed by atoms with Gasteiger partial charge >= 0.3 is 0 Å². The van der Waals surface area contributed by atoms with E-state index >= 15 is 0 Å². The molecule has 0 aliphatic carbocycles. The predicted octanol–water partition coefficient (Wildman–Crippen LogP) is 3.21. The first-order chi connectivity index (χ1) is 9.13. The molecule has 2 aromatic rings. The summed E-state index contributed by atoms with van der Waals surface area (Å²) < 4.78 is 0. The highest BCUT2D eigenvalue weighted by molar-refractivity contribution is 5.67. The maximum atomic E-state index is 5.62. The highest BCUT2D eigenvalue weighted by atomic mass is 14.8. The molecule has 2 N–H and O–H groups in total. The van der Waals surface area contributed by atoms with Gasteiger partial charge in [0.05, 0.1) is 5.69 Å². The zero-order valence-electron chi connectivity index (χ0n) is 11.9. The molecule has 0 saturated heterocycles. The molecule has 1 unspecified atom stereocenters. The van der Waals surface area contributed by atoms with Gasteiger partial charge in [-0.25, -0.2) is 9.97 Å². The molecule has 0 amide bonds. The Kier molecular flexibility index (Phi) is 4.27. The fourth-order valence-electron chi connectivity index (χ4n) is 2.39. The highest BCUT2D eigenvalue weighted by Crippen LogP contribution is 2.27. The number of nitrogens with zero attached hydrogens (tertiary/aromatic N) is 2. The predicted molar refractivity (Wildman–Crippen MR) is 79.0 cm³/mol. The van der Waals surface area contributed by atoms with Crippen LogP contribution in [0.25, 0.3) is 11.3 Å². The van der Waals surface area contributed by atoms with Crippen LogP contribution >= 0.6 is 0 Å². The van der Waals surface area contributed by atoms with Crippen molar-refractivity contribution in [1.29, 1.82) is 0 Å². The average molecular weight is 255 g/mol. The Hall–Kier alpha value is -1.74. The van der Waals surface area contributed by atoms with Gasteiger partial charge in [-0.3, -0.25) is 0 Å². The molecule has 0 radical (unpaired) electrons. The van der Waals surface area contributed by atoms with E-state index in [1.807, 2.05) is 0 Å². The van der Waals surface area contributed by atoms with Gasteiger partial charge in [0.2, 0.25) is 0 Å². The van der Waals surface area contributed by atoms with Crippen molar-refractivity contribution in [1.82, 2.24) is 9.97 Å². The van der Waals surface area contributed by atoms with E-state index in [9.17, 15) is 0 Å². The number of aryl methyl sites for hydroxylation is 2. The first-order valence-corrected chi connectivity index (χ1v) is 6.72. The Labute approximate surface area is 114 Å². The second-order valence-corrected chi connectivity index (χ2v) is 5.07. The highest BCUT2D eigenvalue weighted by Gasteiger charge is 2.11. The summed E-state index contributed by atoms with van der Waals surface area (Å²) in [7, 11) is 0. The number of benzene rings is 1. The standard InChI is InChI=1S/C16H21N3/c1-11(7-8-17)14-9-15(19-10-18-14)16-12(2)5-4-6-13(16)3/h4-6,9-11H,7-8,17H2,1-3H3. The Morgan fingerprint density at radius 3 is 2.47 bits per heavy atom. The van der Waals surface area contributed by atoms with Crippen molar-refractivity contribution in [2.45, 2.75) is 33.1 Å². The summed E-state index contributed by atoms with van der Waals surface area (Å²) >= 11 is 0. The summed E-state index contributed by atoms with van der Waals surface area (Å²) in [4.78, 5) is 8.81. The summed E-state index contributed by atoms with van der Waals surface area (Å²) in [6.07, 6.45) is 2.60. The number of hydrogen-bond acceptors (Lipinski definition) is 3. The van der Waals surface area contributed by atoms with E-state index in [0.717, 1.165) is 17.8 Å². The van der Waals surface area contributed by atoms with Crippen LogP contribution in [0.3, 0.4) is 0 Å². The molecule has 0 spiro atoms. The Bertz CT molecular complexity index is 543. The van der Waals surface area contributed by atoms with Crippen molar-refractivity contribution in [2.24, 2.45) is 5.73 Å². The minimum absolute atomic E-state index is 0.371. The summed E-state index contributed by atoms with van der Waals surface area (Å²) in [5.41, 5.74) is 11.4. The lowest BCUT2D eigenvalue weighted by Crippen LogP contribution is -2.06. The maximum Gasteiger partial charge on any atom is 0.116 e. The van der Waals surface area contributed by atoms with E-state index in [0.29, 0.717) is 12.5 Å². The van der Waals surface area contributed by atoms with Crippen molar-refractivity contribution in [2.75, 3.05) is 6.54 Å². The monoisotopic (exact) mass is 255 g/mol. The Balaban J connectivity index is 2.44. The molecule has 0 fully saturated rings. The van der Waals surface area contributed by atoms with Crippen LogP contribution in [0.15, 0.2) is 30.6 Å². The third kappa shape index (κ3) is 2.99. The van der Waals surface area contributed by atoms with Crippen molar-refractivity contribution in [3.63, 3.8) is 0 Å². The molecule has 19 heavy (non-hydrogen) atoms. The fraction of sp³-hybridized carbons (Fsp3) is 0.375. The molecule has 0 bridgehead atoms. The van der Waals surface area contributed by atoms with Gasteiger partial charge in [0.15, 0.2) is 0 Å². The van der Waals surface area contributed by atoms with Gasteiger partial charge in [0.1, 0.15) is 6.33 Å². The average Bonchev–Trinajstić information content (AvgIpc) is 2.39. The zero-order chi connectivity index (χ0) is 13.8. The van der Waals surface area contributed by atoms with Crippen molar-refractivity contribution in [3.8, 4) is 11.3 Å². The molecular weight excluding hydrogens is 234 g/mol. The quantitative estimate of drug-likeness (QED) is 0.912. The molecular formula is C16H21N3. The Morgan fingerprint density at radius 2 is 1.84 bits per heavy atom. The summed E-state index contributed by atoms with van der Waals surface area (Å²) in [5, 5.41) is 0. The minimum atomic E-state index is 0.371. The van der Waals surface area contributed by atoms with E-state index in [-0.39, 0.29) is 0 Å². The Morgan fingerprint density at radius 1 is 1.16 bits per heavy atom. The molecule has 1 aromatic carbocycles. The van der Waals surface area contributed by atoms with E-state index in [4.69, 9.17) is 5.73 Å². The summed E-state index contributed by atoms with van der Waals surface area (Å²) in [6, 6.07) is 8.41. The van der Waals surface area contributed by atoms with Gasteiger partial charge in [0.25, 0.3) is 0 Å². The fourth-order valence-corrected chi connectivity index (χ4v) is 2.39. The first-order valence-electron chi connectivity index (χ1n) is 6.72. The van der Waals surface area contributed by atoms with Crippen LogP contribution in [0.5, 0.6) is 0 Å². The SMILES string of the molecule is Cc1cccc(C)c1-c1cc(C(C)CCN)ncn1. The zero-order valence-corrected chi connectivity index (χ0v) is 11.9. The number of hydrogen-bond donors (Lipinski definition) is 1. The number of nitrogens with two attached hydrogens (primary N) is 1. The smallest absolute Gasteiger partial charge is 0.116 e. The molecule has 100 valence electrons. The van der Waals surface area contributed by atoms with Gasteiger partial charge in [0, 0.05) is 11.3 Å². The third-order valence-electron chi connectivity index (χ3n) is 3.53. The maximum absolute atomic E-state index is 5.62. The number of aromatic nitrogens is 2. The van der Waals surface area contributed by atoms with Crippen LogP contribution in [-0.4, -0.2) is 16.5 Å². The third-order valence-corrected chi connectivity index (χ3v) is 3.53. The van der Waals surface area contributed by atoms with Crippen LogP contribution in [-0.2, 0) is 0 Å². The lowest BCUT2D eigenvalue weighted by atomic mass is 9.97. The van der Waals surface area contributed by atoms with Gasteiger partial charge in [-0.1, -0.05) is 25.1 Å². The molecule has 0 aliphatic rings. The number of rotatable bonds is 4. The van der Waals surface area contributed by atoms with E-state index < -0.39 is 0 Å². The molecule has 1 aromatic heterocycles. The van der Waals surface area contributed by atoms with Crippen LogP contribution in [0, 0.1) is 13.8 Å². The van der Waals surface area contributed by atoms with E-state index in [2.05, 4.69) is 55.0 Å². The second kappa shape index (κ2) is 5.93. The molecule has 0 aliphatic heterocycles. The summed E-state index contributed by atoms with van der Waals surface area (Å²) in [6.45, 7) is 7.08. The molecule has 3 nitrogen and oxygen atoms in total.